The summed E-state index contributed by atoms with van der Waals surface area (Å²) in [4.78, 5) is 13.9. The summed E-state index contributed by atoms with van der Waals surface area (Å²) >= 11 is 3.43. The van der Waals surface area contributed by atoms with E-state index in [0.29, 0.717) is 5.76 Å². The van der Waals surface area contributed by atoms with Crippen molar-refractivity contribution in [2.75, 3.05) is 0 Å². The highest BCUT2D eigenvalue weighted by molar-refractivity contribution is 9.10. The fourth-order valence-corrected chi connectivity index (χ4v) is 2.27. The molecule has 2 N–H and O–H groups in total. The lowest BCUT2D eigenvalue weighted by Crippen LogP contribution is -1.94. The van der Waals surface area contributed by atoms with E-state index in [4.69, 9.17) is 9.63 Å². The van der Waals surface area contributed by atoms with Gasteiger partial charge in [-0.3, -0.25) is 0 Å². The molecule has 0 aliphatic carbocycles. The Hall–Kier alpha value is -2.08. The van der Waals surface area contributed by atoms with E-state index in [1.165, 1.54) is 6.07 Å². The topological polar surface area (TPSA) is 79.1 Å². The van der Waals surface area contributed by atoms with Crippen LogP contribution in [-0.2, 0) is 0 Å². The van der Waals surface area contributed by atoms with Crippen molar-refractivity contribution in [1.82, 2.24) is 10.1 Å². The maximum Gasteiger partial charge on any atom is 0.358 e. The summed E-state index contributed by atoms with van der Waals surface area (Å²) in [7, 11) is 0. The molecule has 0 bridgehead atoms. The Morgan fingerprint density at radius 3 is 3.00 bits per heavy atom. The van der Waals surface area contributed by atoms with Gasteiger partial charge in [-0.15, -0.1) is 0 Å². The number of hydrogen-bond donors (Lipinski definition) is 2. The molecule has 1 aromatic carbocycles. The second-order valence-corrected chi connectivity index (χ2v) is 4.60. The number of nitrogens with zero attached hydrogens (tertiary/aromatic N) is 1. The molecule has 3 rings (SSSR count). The molecular formula is C12H7BrN2O3. The highest BCUT2D eigenvalue weighted by Crippen LogP contribution is 2.32. The predicted molar refractivity (Wildman–Crippen MR) is 68.5 cm³/mol. The third kappa shape index (κ3) is 1.62. The number of benzene rings is 1. The number of carboxylic acid groups (broad SMARTS) is 1. The molecule has 6 heteroatoms. The lowest BCUT2D eigenvalue weighted by Gasteiger charge is -1.97. The number of nitrogens with one attached hydrogen (secondary N) is 1. The van der Waals surface area contributed by atoms with Gasteiger partial charge in [-0.25, -0.2) is 4.79 Å². The number of aromatic amines is 1. The molecule has 0 saturated carbocycles. The number of aromatic nitrogens is 2. The molecule has 0 spiro atoms. The van der Waals surface area contributed by atoms with Gasteiger partial charge in [0.25, 0.3) is 0 Å². The molecule has 0 saturated heterocycles. The second-order valence-electron chi connectivity index (χ2n) is 3.75. The highest BCUT2D eigenvalue weighted by Gasteiger charge is 2.15. The van der Waals surface area contributed by atoms with Gasteiger partial charge in [-0.2, -0.15) is 0 Å². The number of fused-ring (bicyclic) bond motifs is 1. The average Bonchev–Trinajstić information content (AvgIpc) is 2.97. The largest absolute Gasteiger partial charge is 0.476 e. The Labute approximate surface area is 110 Å². The van der Waals surface area contributed by atoms with Gasteiger partial charge in [0.1, 0.15) is 0 Å². The van der Waals surface area contributed by atoms with Crippen LogP contribution in [0.4, 0.5) is 0 Å². The fraction of sp³-hybridized carbons (Fsp3) is 0. The van der Waals surface area contributed by atoms with Crippen molar-refractivity contribution in [3.63, 3.8) is 0 Å². The summed E-state index contributed by atoms with van der Waals surface area (Å²) < 4.78 is 6.01. The smallest absolute Gasteiger partial charge is 0.358 e. The molecule has 2 heterocycles. The molecular weight excluding hydrogens is 300 g/mol. The lowest BCUT2D eigenvalue weighted by molar-refractivity contribution is 0.0686. The Balaban J connectivity index is 2.21. The highest BCUT2D eigenvalue weighted by atomic mass is 79.9. The van der Waals surface area contributed by atoms with Gasteiger partial charge < -0.3 is 14.6 Å². The predicted octanol–water partition coefficient (Wildman–Crippen LogP) is 3.28. The van der Waals surface area contributed by atoms with E-state index in [1.54, 1.807) is 0 Å². The number of rotatable bonds is 2. The number of halogens is 1. The van der Waals surface area contributed by atoms with E-state index in [2.05, 4.69) is 26.1 Å². The van der Waals surface area contributed by atoms with Crippen LogP contribution >= 0.6 is 15.9 Å². The normalized spacial score (nSPS) is 10.9. The van der Waals surface area contributed by atoms with E-state index in [-0.39, 0.29) is 5.69 Å². The SMILES string of the molecule is O=C(O)c1cc(-c2cccc3c(Br)c[nH]c23)on1. The Morgan fingerprint density at radius 1 is 1.44 bits per heavy atom. The molecule has 2 aromatic heterocycles. The minimum atomic E-state index is -1.11. The molecule has 0 fully saturated rings. The van der Waals surface area contributed by atoms with Crippen LogP contribution in [0.3, 0.4) is 0 Å². The Bertz CT molecular complexity index is 745. The van der Waals surface area contributed by atoms with Crippen molar-refractivity contribution in [3.8, 4) is 11.3 Å². The van der Waals surface area contributed by atoms with Gasteiger partial charge in [0.05, 0.1) is 5.52 Å². The Morgan fingerprint density at radius 2 is 2.28 bits per heavy atom. The molecule has 0 atom stereocenters. The van der Waals surface area contributed by atoms with Crippen LogP contribution in [0.2, 0.25) is 0 Å². The molecule has 0 unspecified atom stereocenters. The van der Waals surface area contributed by atoms with Crippen LogP contribution < -0.4 is 0 Å². The van der Waals surface area contributed by atoms with Crippen LogP contribution in [0.5, 0.6) is 0 Å². The first-order valence-electron chi connectivity index (χ1n) is 5.13. The molecule has 18 heavy (non-hydrogen) atoms. The summed E-state index contributed by atoms with van der Waals surface area (Å²) in [6.45, 7) is 0. The van der Waals surface area contributed by atoms with Crippen molar-refractivity contribution in [2.24, 2.45) is 0 Å². The lowest BCUT2D eigenvalue weighted by atomic mass is 10.1. The van der Waals surface area contributed by atoms with E-state index < -0.39 is 5.97 Å². The third-order valence-electron chi connectivity index (χ3n) is 2.66. The van der Waals surface area contributed by atoms with Gasteiger partial charge in [-0.1, -0.05) is 17.3 Å². The fourth-order valence-electron chi connectivity index (χ4n) is 1.83. The molecule has 5 nitrogen and oxygen atoms in total. The van der Waals surface area contributed by atoms with E-state index >= 15 is 0 Å². The number of aromatic carboxylic acids is 1. The molecule has 3 aromatic rings. The van der Waals surface area contributed by atoms with Crippen LogP contribution in [0.25, 0.3) is 22.2 Å². The van der Waals surface area contributed by atoms with Gasteiger partial charge in [0.15, 0.2) is 11.5 Å². The van der Waals surface area contributed by atoms with Crippen molar-refractivity contribution >= 4 is 32.8 Å². The second kappa shape index (κ2) is 3.99. The van der Waals surface area contributed by atoms with Crippen molar-refractivity contribution in [3.05, 3.63) is 40.6 Å². The van der Waals surface area contributed by atoms with Crippen molar-refractivity contribution < 1.29 is 14.4 Å². The third-order valence-corrected chi connectivity index (χ3v) is 3.32. The monoisotopic (exact) mass is 306 g/mol. The van der Waals surface area contributed by atoms with Crippen LogP contribution in [-0.4, -0.2) is 21.2 Å². The zero-order chi connectivity index (χ0) is 12.7. The summed E-state index contributed by atoms with van der Waals surface area (Å²) in [5.74, 6) is -0.683. The number of H-pyrrole nitrogens is 1. The quantitative estimate of drug-likeness (QED) is 0.761. The van der Waals surface area contributed by atoms with Gasteiger partial charge >= 0.3 is 5.97 Å². The Kier molecular flexibility index (Phi) is 2.45. The standard InChI is InChI=1S/C12H7BrN2O3/c13-8-5-14-11-6(8)2-1-3-7(11)10-4-9(12(16)17)15-18-10/h1-5,14H,(H,16,17). The first-order chi connectivity index (χ1) is 8.66. The summed E-state index contributed by atoms with van der Waals surface area (Å²) in [5, 5.41) is 13.3. The first-order valence-corrected chi connectivity index (χ1v) is 5.92. The molecule has 0 amide bonds. The number of hydrogen-bond acceptors (Lipinski definition) is 3. The number of para-hydroxylation sites is 1. The molecule has 90 valence electrons. The maximum absolute atomic E-state index is 10.8. The van der Waals surface area contributed by atoms with Gasteiger partial charge in [0, 0.05) is 27.7 Å². The summed E-state index contributed by atoms with van der Waals surface area (Å²) in [5.41, 5.74) is 1.54. The number of carboxylic acids is 1. The maximum atomic E-state index is 10.8. The van der Waals surface area contributed by atoms with Crippen LogP contribution in [0.15, 0.2) is 39.5 Å². The van der Waals surface area contributed by atoms with Crippen molar-refractivity contribution in [2.45, 2.75) is 0 Å². The minimum absolute atomic E-state index is 0.104. The zero-order valence-corrected chi connectivity index (χ0v) is 10.6. The first kappa shape index (κ1) is 11.0. The number of carbonyl (C=O) groups is 1. The van der Waals surface area contributed by atoms with E-state index in [1.807, 2.05) is 24.4 Å². The molecule has 0 aliphatic rings. The van der Waals surface area contributed by atoms with Crippen LogP contribution in [0, 0.1) is 0 Å². The minimum Gasteiger partial charge on any atom is -0.476 e. The van der Waals surface area contributed by atoms with Crippen LogP contribution in [0.1, 0.15) is 10.5 Å². The summed E-state index contributed by atoms with van der Waals surface area (Å²) in [6.07, 6.45) is 1.82. The van der Waals surface area contributed by atoms with E-state index in [9.17, 15) is 4.79 Å². The zero-order valence-electron chi connectivity index (χ0n) is 8.98. The molecule has 0 aliphatic heterocycles. The van der Waals surface area contributed by atoms with Gasteiger partial charge in [-0.05, 0) is 22.0 Å². The van der Waals surface area contributed by atoms with Gasteiger partial charge in [0.2, 0.25) is 0 Å². The van der Waals surface area contributed by atoms with E-state index in [0.717, 1.165) is 20.9 Å². The molecule has 0 radical (unpaired) electrons. The summed E-state index contributed by atoms with van der Waals surface area (Å²) in [6, 6.07) is 7.08. The average molecular weight is 307 g/mol. The van der Waals surface area contributed by atoms with Crippen molar-refractivity contribution in [1.29, 1.82) is 0 Å².